The van der Waals surface area contributed by atoms with Crippen LogP contribution in [-0.4, -0.2) is 171 Å². The van der Waals surface area contributed by atoms with E-state index in [9.17, 15) is 68.4 Å². The third-order valence-corrected chi connectivity index (χ3v) is 24.5. The Morgan fingerprint density at radius 2 is 1.29 bits per heavy atom. The Labute approximate surface area is 593 Å². The summed E-state index contributed by atoms with van der Waals surface area (Å²) in [7, 11) is 0. The number of aliphatic hydroxyl groups excluding tert-OH is 2. The van der Waals surface area contributed by atoms with Crippen molar-refractivity contribution < 1.29 is 68.4 Å². The molecule has 10 amide bonds. The van der Waals surface area contributed by atoms with E-state index in [2.05, 4.69) is 73.9 Å². The van der Waals surface area contributed by atoms with Gasteiger partial charge in [0.1, 0.15) is 29.9 Å². The van der Waals surface area contributed by atoms with Crippen LogP contribution in [0.25, 0.3) is 0 Å². The van der Waals surface area contributed by atoms with Crippen LogP contribution in [-0.2, 0) is 56.0 Å². The average molecular weight is 1410 g/mol. The number of carboxylic acids is 1. The van der Waals surface area contributed by atoms with E-state index < -0.39 is 90.8 Å². The highest BCUT2D eigenvalue weighted by molar-refractivity contribution is 8.00. The summed E-state index contributed by atoms with van der Waals surface area (Å²) in [5, 5.41) is 70.8. The van der Waals surface area contributed by atoms with E-state index in [-0.39, 0.29) is 115 Å². The summed E-state index contributed by atoms with van der Waals surface area (Å²) < 4.78 is 0. The van der Waals surface area contributed by atoms with Gasteiger partial charge in [0.15, 0.2) is 0 Å². The summed E-state index contributed by atoms with van der Waals surface area (Å²) in [5.74, 6) is -2.68. The largest absolute Gasteiger partial charge is 0.508 e. The number of carbonyl (C=O) groups is 10. The zero-order chi connectivity index (χ0) is 72.3. The SMILES string of the molecule is CC(C)CC(NC(=O)[C@H](Cc1ccccc1)NC(=O)CNC(=O)CNC(=O)[C@@H](N)Cc1ccc(O)cc1)C(=O)NCCCC[C@H](NC(=O)CC[C@H](C)[C@H]1CC[C@H]2[C@@H]3CC[C@@H]4C[C@H](O)CC[C@]4(C)[C@H]3C[C@H](O)[C@]12C)C(=O)N[C@@H](CCCCNC(=O)CCCC[C@@H]1SC[C@@H]2NC(=O)N[C@@H]21)C(=O)O. The number of urea groups is 1. The maximum absolute atomic E-state index is 14.3. The Bertz CT molecular complexity index is 3110. The molecule has 26 heteroatoms. The first-order chi connectivity index (χ1) is 47.7. The number of fused-ring (bicyclic) bond motifs is 6. The summed E-state index contributed by atoms with van der Waals surface area (Å²) >= 11 is 1.83. The van der Waals surface area contributed by atoms with Gasteiger partial charge in [-0.15, -0.1) is 0 Å². The van der Waals surface area contributed by atoms with Crippen LogP contribution >= 0.6 is 11.8 Å². The summed E-state index contributed by atoms with van der Waals surface area (Å²) in [6, 6.07) is 9.60. The van der Waals surface area contributed by atoms with Crippen LogP contribution in [0, 0.1) is 52.3 Å². The predicted molar refractivity (Wildman–Crippen MR) is 379 cm³/mol. The number of carbonyl (C=O) groups excluding carboxylic acids is 9. The number of amides is 10. The third kappa shape index (κ3) is 21.8. The van der Waals surface area contributed by atoms with E-state index in [0.717, 1.165) is 70.0 Å². The van der Waals surface area contributed by atoms with Crippen molar-refractivity contribution in [3.05, 3.63) is 65.7 Å². The summed E-state index contributed by atoms with van der Waals surface area (Å²) in [5.41, 5.74) is 7.22. The summed E-state index contributed by atoms with van der Waals surface area (Å²) in [6.07, 6.45) is 12.3. The van der Waals surface area contributed by atoms with E-state index >= 15 is 0 Å². The number of thioether (sulfide) groups is 1. The van der Waals surface area contributed by atoms with Crippen molar-refractivity contribution in [1.29, 1.82) is 0 Å². The molecule has 2 aromatic rings. The third-order valence-electron chi connectivity index (χ3n) is 23.0. The molecule has 0 radical (unpaired) electrons. The molecule has 2 aromatic carbocycles. The smallest absolute Gasteiger partial charge is 0.326 e. The number of nitrogens with two attached hydrogens (primary N) is 1. The van der Waals surface area contributed by atoms with Crippen LogP contribution in [0.4, 0.5) is 4.79 Å². The molecule has 25 nitrogen and oxygen atoms in total. The van der Waals surface area contributed by atoms with E-state index in [4.69, 9.17) is 5.73 Å². The van der Waals surface area contributed by atoms with Gasteiger partial charge in [0, 0.05) is 43.4 Å². The lowest BCUT2D eigenvalue weighted by molar-refractivity contribution is -0.175. The molecule has 4 saturated carbocycles. The number of nitrogens with one attached hydrogen (secondary N) is 10. The van der Waals surface area contributed by atoms with E-state index in [1.807, 2.05) is 25.6 Å². The molecule has 4 aliphatic carbocycles. The number of unbranched alkanes of at least 4 members (excludes halogenated alkanes) is 3. The molecule has 2 aliphatic heterocycles. The fourth-order valence-electron chi connectivity index (χ4n) is 17.5. The van der Waals surface area contributed by atoms with Crippen LogP contribution in [0.2, 0.25) is 0 Å². The number of phenols is 1. The Hall–Kier alpha value is -7.03. The van der Waals surface area contributed by atoms with E-state index in [1.54, 1.807) is 42.5 Å². The van der Waals surface area contributed by atoms with Crippen molar-refractivity contribution in [2.45, 2.75) is 242 Å². The molecular weight excluding hydrogens is 1300 g/mol. The van der Waals surface area contributed by atoms with Gasteiger partial charge in [-0.3, -0.25) is 38.4 Å². The number of phenolic OH excluding ortho intramolecular Hbond substituents is 1. The number of aliphatic hydroxyl groups is 2. The van der Waals surface area contributed by atoms with E-state index in [0.29, 0.717) is 91.5 Å². The maximum Gasteiger partial charge on any atom is 0.326 e. The number of benzene rings is 2. The van der Waals surface area contributed by atoms with Gasteiger partial charge in [-0.25, -0.2) is 9.59 Å². The lowest BCUT2D eigenvalue weighted by atomic mass is 9.43. The van der Waals surface area contributed by atoms with Crippen molar-refractivity contribution in [3.8, 4) is 5.75 Å². The number of aromatic hydroxyl groups is 1. The number of carboxylic acid groups (broad SMARTS) is 1. The van der Waals surface area contributed by atoms with Gasteiger partial charge in [-0.2, -0.15) is 11.8 Å². The lowest BCUT2D eigenvalue weighted by Gasteiger charge is -2.62. The van der Waals surface area contributed by atoms with E-state index in [1.165, 1.54) is 12.1 Å². The fourth-order valence-corrected chi connectivity index (χ4v) is 19.0. The van der Waals surface area contributed by atoms with Crippen LogP contribution in [0.1, 0.15) is 181 Å². The minimum absolute atomic E-state index is 0.0407. The second-order valence-electron chi connectivity index (χ2n) is 30.4. The Morgan fingerprint density at radius 3 is 2.01 bits per heavy atom. The summed E-state index contributed by atoms with van der Waals surface area (Å²) in [4.78, 5) is 133. The highest BCUT2D eigenvalue weighted by atomic mass is 32.2. The molecule has 554 valence electrons. The van der Waals surface area contributed by atoms with Crippen molar-refractivity contribution in [1.82, 2.24) is 53.2 Å². The standard InChI is InChI=1S/C74H113N11O14S/c1-43(2)35-57(83-70(96)58(37-45-15-7-6-8-16-45)81-65(92)41-78-64(91)40-79-67(93)54(75)36-46-22-25-48(86)26-23-46)68(94)77-34-14-11-17-55(69(95)82-56(71(97)98)18-12-13-33-76-62(89)20-10-9-19-60-66-59(42-100-60)84-72(99)85-66)80-63(90)30-21-44(3)51-28-29-52-50-27-24-47-38-49(87)31-32-73(47,4)53(50)39-61(88)74(51,52)5/h6-8,15-16,22-23,25-26,43-44,47,49-61,66,86-88H,9-14,17-21,24,27-42,75H2,1-5H3,(H,76,89)(H,77,94)(H,78,91)(H,79,93)(H,80,90)(H,81,92)(H,82,95)(H,83,96)(H,97,98)(H2,84,85,99)/t44-,47+,49+,50-,51+,52-,53-,54-,55-,56-,57?,58-,59-,60-,61-,66-,73-,74+/m0/s1. The second-order valence-corrected chi connectivity index (χ2v) is 31.7. The fraction of sp³-hybridized carbons (Fsp3) is 0.703. The van der Waals surface area contributed by atoms with Gasteiger partial charge in [0.25, 0.3) is 0 Å². The lowest BCUT2D eigenvalue weighted by Crippen LogP contribution is -2.58. The minimum atomic E-state index is -1.29. The zero-order valence-corrected chi connectivity index (χ0v) is 60.0. The van der Waals surface area contributed by atoms with Gasteiger partial charge >= 0.3 is 12.0 Å². The van der Waals surface area contributed by atoms with Crippen LogP contribution in [0.5, 0.6) is 5.75 Å². The highest BCUT2D eigenvalue weighted by Crippen LogP contribution is 2.68. The average Bonchev–Trinajstić information content (AvgIpc) is 1.36. The maximum atomic E-state index is 14.3. The van der Waals surface area contributed by atoms with Crippen molar-refractivity contribution in [2.24, 2.45) is 58.0 Å². The monoisotopic (exact) mass is 1410 g/mol. The molecule has 2 heterocycles. The van der Waals surface area contributed by atoms with Crippen molar-refractivity contribution in [2.75, 3.05) is 31.9 Å². The number of hydrogen-bond donors (Lipinski definition) is 15. The Morgan fingerprint density at radius 1 is 0.620 bits per heavy atom. The highest BCUT2D eigenvalue weighted by Gasteiger charge is 2.64. The molecule has 100 heavy (non-hydrogen) atoms. The van der Waals surface area contributed by atoms with Gasteiger partial charge in [0.2, 0.25) is 47.3 Å². The first kappa shape index (κ1) is 78.7. The quantitative estimate of drug-likeness (QED) is 0.0325. The van der Waals surface area contributed by atoms with Crippen molar-refractivity contribution in [3.63, 3.8) is 0 Å². The summed E-state index contributed by atoms with van der Waals surface area (Å²) in [6.45, 7) is 10.0. The van der Waals surface area contributed by atoms with Gasteiger partial charge in [-0.1, -0.05) is 83.5 Å². The predicted octanol–water partition coefficient (Wildman–Crippen LogP) is 4.51. The minimum Gasteiger partial charge on any atom is -0.508 e. The Kier molecular flexibility index (Phi) is 29.3. The molecule has 2 saturated heterocycles. The molecular formula is C74H113N11O14S. The molecule has 18 atom stereocenters. The molecule has 0 spiro atoms. The topological polar surface area (TPSA) is 398 Å². The van der Waals surface area contributed by atoms with Gasteiger partial charge < -0.3 is 79.3 Å². The molecule has 8 rings (SSSR count). The van der Waals surface area contributed by atoms with Crippen LogP contribution in [0.3, 0.4) is 0 Å². The first-order valence-electron chi connectivity index (χ1n) is 36.8. The molecule has 0 bridgehead atoms. The number of hydrogen-bond acceptors (Lipinski definition) is 15. The second kappa shape index (κ2) is 37.2. The van der Waals surface area contributed by atoms with Gasteiger partial charge in [0.05, 0.1) is 43.4 Å². The Balaban J connectivity index is 0.830. The molecule has 16 N–H and O–H groups in total. The molecule has 0 aromatic heterocycles. The van der Waals surface area contributed by atoms with Crippen molar-refractivity contribution >= 4 is 71.0 Å². The number of rotatable bonds is 38. The normalized spacial score (nSPS) is 27.5. The molecule has 6 aliphatic rings. The van der Waals surface area contributed by atoms with Crippen LogP contribution in [0.15, 0.2) is 54.6 Å². The number of aliphatic carboxylic acids is 1. The van der Waals surface area contributed by atoms with Crippen LogP contribution < -0.4 is 58.9 Å². The zero-order valence-electron chi connectivity index (χ0n) is 59.2. The molecule has 1 unspecified atom stereocenters. The van der Waals surface area contributed by atoms with Gasteiger partial charge in [-0.05, 0) is 198 Å². The molecule has 6 fully saturated rings. The first-order valence-corrected chi connectivity index (χ1v) is 37.9.